The molecule has 2 saturated heterocycles. The second kappa shape index (κ2) is 4.92. The summed E-state index contributed by atoms with van der Waals surface area (Å²) in [7, 11) is 1.99. The Morgan fingerprint density at radius 1 is 1.33 bits per heavy atom. The molecular formula is C10H18N3O2. The Morgan fingerprint density at radius 3 is 2.73 bits per heavy atom. The third kappa shape index (κ3) is 2.48. The average molecular weight is 212 g/mol. The number of morpholine rings is 1. The van der Waals surface area contributed by atoms with Gasteiger partial charge in [0.15, 0.2) is 0 Å². The summed E-state index contributed by atoms with van der Waals surface area (Å²) < 4.78 is 5.35. The lowest BCUT2D eigenvalue weighted by Gasteiger charge is -2.36. The van der Waals surface area contributed by atoms with E-state index in [0.717, 1.165) is 39.3 Å². The lowest BCUT2D eigenvalue weighted by Crippen LogP contribution is -2.56. The molecule has 15 heavy (non-hydrogen) atoms. The molecule has 2 aliphatic rings. The van der Waals surface area contributed by atoms with Crippen LogP contribution >= 0.6 is 0 Å². The minimum absolute atomic E-state index is 0.0863. The van der Waals surface area contributed by atoms with Gasteiger partial charge in [0.05, 0.1) is 13.2 Å². The van der Waals surface area contributed by atoms with E-state index in [-0.39, 0.29) is 11.9 Å². The Hall–Kier alpha value is -0.650. The lowest BCUT2D eigenvalue weighted by molar-refractivity contribution is -0.142. The van der Waals surface area contributed by atoms with Crippen molar-refractivity contribution < 1.29 is 9.53 Å². The summed E-state index contributed by atoms with van der Waals surface area (Å²) in [6.07, 6.45) is 0. The number of likely N-dealkylation sites (N-methyl/N-ethyl adjacent to an activating group) is 1. The second-order valence-corrected chi connectivity index (χ2v) is 4.07. The molecule has 1 radical (unpaired) electrons. The van der Waals surface area contributed by atoms with Crippen LogP contribution in [-0.4, -0.2) is 74.7 Å². The van der Waals surface area contributed by atoms with Crippen LogP contribution in [0.3, 0.4) is 0 Å². The molecule has 1 atom stereocenters. The van der Waals surface area contributed by atoms with Gasteiger partial charge < -0.3 is 9.64 Å². The van der Waals surface area contributed by atoms with Gasteiger partial charge in [-0.05, 0) is 7.05 Å². The van der Waals surface area contributed by atoms with Gasteiger partial charge in [-0.3, -0.25) is 9.69 Å². The standard InChI is InChI=1S/C10H18N3O2/c1-12-6-7-15-8-9(12)10(14)13-4-2-11-3-5-13/h9H,2-8H2,1H3. The highest BCUT2D eigenvalue weighted by molar-refractivity contribution is 5.82. The predicted molar refractivity (Wildman–Crippen MR) is 55.7 cm³/mol. The van der Waals surface area contributed by atoms with E-state index in [2.05, 4.69) is 10.2 Å². The summed E-state index contributed by atoms with van der Waals surface area (Å²) in [5.74, 6) is 0.201. The number of hydrogen-bond acceptors (Lipinski definition) is 3. The first-order valence-corrected chi connectivity index (χ1v) is 5.49. The van der Waals surface area contributed by atoms with E-state index in [4.69, 9.17) is 4.74 Å². The SMILES string of the molecule is CN1CCOCC1C(=O)N1CC[N]CC1. The van der Waals surface area contributed by atoms with Crippen LogP contribution in [0.2, 0.25) is 0 Å². The number of amides is 1. The summed E-state index contributed by atoms with van der Waals surface area (Å²) in [6, 6.07) is -0.0863. The Bertz CT molecular complexity index is 229. The van der Waals surface area contributed by atoms with Gasteiger partial charge in [0.1, 0.15) is 6.04 Å². The maximum Gasteiger partial charge on any atom is 0.242 e. The van der Waals surface area contributed by atoms with Crippen LogP contribution in [-0.2, 0) is 9.53 Å². The van der Waals surface area contributed by atoms with Gasteiger partial charge in [0.2, 0.25) is 5.91 Å². The Morgan fingerprint density at radius 2 is 2.07 bits per heavy atom. The van der Waals surface area contributed by atoms with E-state index in [9.17, 15) is 4.79 Å². The van der Waals surface area contributed by atoms with Crippen molar-refractivity contribution in [2.24, 2.45) is 0 Å². The number of nitrogens with zero attached hydrogens (tertiary/aromatic N) is 3. The van der Waals surface area contributed by atoms with Crippen molar-refractivity contribution in [3.05, 3.63) is 0 Å². The monoisotopic (exact) mass is 212 g/mol. The molecule has 1 amide bonds. The summed E-state index contributed by atoms with van der Waals surface area (Å²) in [5.41, 5.74) is 0. The lowest BCUT2D eigenvalue weighted by atomic mass is 10.2. The van der Waals surface area contributed by atoms with E-state index in [0.29, 0.717) is 6.61 Å². The van der Waals surface area contributed by atoms with Crippen molar-refractivity contribution in [2.75, 3.05) is 53.0 Å². The predicted octanol–water partition coefficient (Wildman–Crippen LogP) is -1.24. The second-order valence-electron chi connectivity index (χ2n) is 4.07. The highest BCUT2D eigenvalue weighted by atomic mass is 16.5. The van der Waals surface area contributed by atoms with Crippen LogP contribution in [0.4, 0.5) is 0 Å². The molecule has 2 heterocycles. The largest absolute Gasteiger partial charge is 0.378 e. The summed E-state index contributed by atoms with van der Waals surface area (Å²) in [6.45, 7) is 5.20. The quantitative estimate of drug-likeness (QED) is 0.546. The summed E-state index contributed by atoms with van der Waals surface area (Å²) in [4.78, 5) is 16.1. The molecule has 0 aliphatic carbocycles. The van der Waals surface area contributed by atoms with Gasteiger partial charge in [-0.15, -0.1) is 0 Å². The molecule has 5 nitrogen and oxygen atoms in total. The Labute approximate surface area is 90.4 Å². The molecule has 2 aliphatic heterocycles. The topological polar surface area (TPSA) is 46.9 Å². The van der Waals surface area contributed by atoms with Crippen molar-refractivity contribution in [1.29, 1.82) is 0 Å². The molecular weight excluding hydrogens is 194 g/mol. The number of carbonyl (C=O) groups excluding carboxylic acids is 1. The van der Waals surface area contributed by atoms with Gasteiger partial charge >= 0.3 is 0 Å². The minimum Gasteiger partial charge on any atom is -0.378 e. The van der Waals surface area contributed by atoms with Crippen LogP contribution in [0.15, 0.2) is 0 Å². The van der Waals surface area contributed by atoms with Crippen LogP contribution in [0.5, 0.6) is 0 Å². The van der Waals surface area contributed by atoms with E-state index in [1.54, 1.807) is 0 Å². The van der Waals surface area contributed by atoms with Gasteiger partial charge in [0, 0.05) is 32.7 Å². The molecule has 0 spiro atoms. The van der Waals surface area contributed by atoms with Crippen LogP contribution in [0.1, 0.15) is 0 Å². The molecule has 2 fully saturated rings. The Balaban J connectivity index is 1.92. The molecule has 1 unspecified atom stereocenters. The first kappa shape index (κ1) is 10.9. The molecule has 0 bridgehead atoms. The number of ether oxygens (including phenoxy) is 1. The third-order valence-electron chi connectivity index (χ3n) is 3.05. The molecule has 5 heteroatoms. The molecule has 2 rings (SSSR count). The van der Waals surface area contributed by atoms with E-state index < -0.39 is 0 Å². The van der Waals surface area contributed by atoms with Crippen LogP contribution in [0, 0.1) is 0 Å². The smallest absolute Gasteiger partial charge is 0.242 e. The fourth-order valence-electron chi connectivity index (χ4n) is 1.98. The zero-order valence-electron chi connectivity index (χ0n) is 9.19. The first-order valence-electron chi connectivity index (χ1n) is 5.49. The van der Waals surface area contributed by atoms with Crippen molar-refractivity contribution in [3.8, 4) is 0 Å². The minimum atomic E-state index is -0.0863. The zero-order valence-corrected chi connectivity index (χ0v) is 9.19. The highest BCUT2D eigenvalue weighted by Gasteiger charge is 2.30. The van der Waals surface area contributed by atoms with Gasteiger partial charge in [0.25, 0.3) is 0 Å². The van der Waals surface area contributed by atoms with Crippen molar-refractivity contribution >= 4 is 5.91 Å². The molecule has 0 N–H and O–H groups in total. The molecule has 0 saturated carbocycles. The van der Waals surface area contributed by atoms with Gasteiger partial charge in [-0.2, -0.15) is 0 Å². The fourth-order valence-corrected chi connectivity index (χ4v) is 1.98. The average Bonchev–Trinajstić information content (AvgIpc) is 2.30. The number of rotatable bonds is 1. The van der Waals surface area contributed by atoms with Crippen molar-refractivity contribution in [2.45, 2.75) is 6.04 Å². The van der Waals surface area contributed by atoms with E-state index >= 15 is 0 Å². The third-order valence-corrected chi connectivity index (χ3v) is 3.05. The first-order chi connectivity index (χ1) is 7.29. The summed E-state index contributed by atoms with van der Waals surface area (Å²) in [5, 5.41) is 4.24. The number of piperazine rings is 1. The van der Waals surface area contributed by atoms with Gasteiger partial charge in [-0.25, -0.2) is 5.32 Å². The fraction of sp³-hybridized carbons (Fsp3) is 0.900. The highest BCUT2D eigenvalue weighted by Crippen LogP contribution is 2.08. The summed E-state index contributed by atoms with van der Waals surface area (Å²) >= 11 is 0. The van der Waals surface area contributed by atoms with Crippen LogP contribution < -0.4 is 5.32 Å². The van der Waals surface area contributed by atoms with E-state index in [1.165, 1.54) is 0 Å². The normalized spacial score (nSPS) is 29.1. The molecule has 0 aromatic heterocycles. The maximum atomic E-state index is 12.1. The van der Waals surface area contributed by atoms with Gasteiger partial charge in [-0.1, -0.05) is 0 Å². The van der Waals surface area contributed by atoms with Crippen LogP contribution in [0.25, 0.3) is 0 Å². The molecule has 0 aromatic carbocycles. The van der Waals surface area contributed by atoms with E-state index in [1.807, 2.05) is 11.9 Å². The molecule has 85 valence electrons. The number of carbonyl (C=O) groups is 1. The maximum absolute atomic E-state index is 12.1. The van der Waals surface area contributed by atoms with Crippen molar-refractivity contribution in [3.63, 3.8) is 0 Å². The molecule has 0 aromatic rings. The van der Waals surface area contributed by atoms with Crippen molar-refractivity contribution in [1.82, 2.24) is 15.1 Å². The zero-order chi connectivity index (χ0) is 10.7. The Kier molecular flexibility index (Phi) is 3.56. The number of hydrogen-bond donors (Lipinski definition) is 0.